The van der Waals surface area contributed by atoms with E-state index in [1.165, 1.54) is 19.3 Å². The lowest BCUT2D eigenvalue weighted by Crippen LogP contribution is -2.36. The maximum Gasteiger partial charge on any atom is 0.232 e. The molecule has 7 nitrogen and oxygen atoms in total. The first-order chi connectivity index (χ1) is 17.2. The van der Waals surface area contributed by atoms with E-state index in [9.17, 15) is 5.11 Å². The third kappa shape index (κ3) is 6.77. The Morgan fingerprint density at radius 1 is 1.03 bits per heavy atom. The molecule has 1 saturated heterocycles. The van der Waals surface area contributed by atoms with E-state index in [4.69, 9.17) is 14.0 Å². The largest absolute Gasteiger partial charge is 0.497 e. The van der Waals surface area contributed by atoms with Gasteiger partial charge in [-0.05, 0) is 56.5 Å². The highest BCUT2D eigenvalue weighted by molar-refractivity contribution is 5.68. The molecule has 1 unspecified atom stereocenters. The van der Waals surface area contributed by atoms with E-state index in [2.05, 4.69) is 34.0 Å². The van der Waals surface area contributed by atoms with Crippen LogP contribution in [0, 0.1) is 0 Å². The van der Waals surface area contributed by atoms with Crippen molar-refractivity contribution in [3.8, 4) is 22.8 Å². The monoisotopic (exact) mass is 479 g/mol. The number of benzene rings is 2. The number of methoxy groups -OCH3 is 1. The highest BCUT2D eigenvalue weighted by atomic mass is 16.5. The Bertz CT molecular complexity index is 1020. The SMILES string of the molecule is CCCN(Cc1c(-c2ccccc2)noc1N1CCCCC1)CC(O)COc1ccc(OC)cc1. The van der Waals surface area contributed by atoms with E-state index in [1.54, 1.807) is 7.11 Å². The first kappa shape index (κ1) is 25.1. The summed E-state index contributed by atoms with van der Waals surface area (Å²) in [5, 5.41) is 15.3. The normalized spacial score (nSPS) is 14.8. The summed E-state index contributed by atoms with van der Waals surface area (Å²) in [6, 6.07) is 17.6. The number of ether oxygens (including phenoxy) is 2. The minimum absolute atomic E-state index is 0.223. The Labute approximate surface area is 208 Å². The van der Waals surface area contributed by atoms with Crippen molar-refractivity contribution in [2.24, 2.45) is 0 Å². The van der Waals surface area contributed by atoms with Crippen LogP contribution in [0.2, 0.25) is 0 Å². The molecule has 4 rings (SSSR count). The second-order valence-electron chi connectivity index (χ2n) is 9.10. The first-order valence-corrected chi connectivity index (χ1v) is 12.6. The number of nitrogens with zero attached hydrogens (tertiary/aromatic N) is 3. The van der Waals surface area contributed by atoms with Crippen LogP contribution >= 0.6 is 0 Å². The zero-order chi connectivity index (χ0) is 24.5. The van der Waals surface area contributed by atoms with Gasteiger partial charge in [-0.2, -0.15) is 0 Å². The van der Waals surface area contributed by atoms with E-state index >= 15 is 0 Å². The Hall–Kier alpha value is -3.03. The third-order valence-corrected chi connectivity index (χ3v) is 6.35. The molecule has 2 heterocycles. The predicted octanol–water partition coefficient (Wildman–Crippen LogP) is 4.99. The van der Waals surface area contributed by atoms with Crippen LogP contribution < -0.4 is 14.4 Å². The average molecular weight is 480 g/mol. The maximum absolute atomic E-state index is 10.8. The van der Waals surface area contributed by atoms with Gasteiger partial charge < -0.3 is 24.0 Å². The number of hydrogen-bond acceptors (Lipinski definition) is 7. The molecule has 1 fully saturated rings. The number of aromatic nitrogens is 1. The molecule has 188 valence electrons. The van der Waals surface area contributed by atoms with Crippen LogP contribution in [0.3, 0.4) is 0 Å². The third-order valence-electron chi connectivity index (χ3n) is 6.35. The second kappa shape index (κ2) is 12.6. The van der Waals surface area contributed by atoms with Gasteiger partial charge in [0.25, 0.3) is 0 Å². The van der Waals surface area contributed by atoms with Crippen molar-refractivity contribution in [1.82, 2.24) is 10.1 Å². The average Bonchev–Trinajstić information content (AvgIpc) is 3.32. The van der Waals surface area contributed by atoms with Gasteiger partial charge in [0.1, 0.15) is 29.9 Å². The summed E-state index contributed by atoms with van der Waals surface area (Å²) >= 11 is 0. The number of aliphatic hydroxyl groups is 1. The fourth-order valence-electron chi connectivity index (χ4n) is 4.60. The molecule has 7 heteroatoms. The molecule has 2 aromatic carbocycles. The molecule has 1 aliphatic rings. The van der Waals surface area contributed by atoms with Gasteiger partial charge in [0.05, 0.1) is 12.7 Å². The Kier molecular flexibility index (Phi) is 9.03. The Balaban J connectivity index is 1.48. The van der Waals surface area contributed by atoms with Crippen LogP contribution in [-0.2, 0) is 6.54 Å². The van der Waals surface area contributed by atoms with Crippen molar-refractivity contribution < 1.29 is 19.1 Å². The molecule has 1 aromatic heterocycles. The zero-order valence-corrected chi connectivity index (χ0v) is 20.9. The van der Waals surface area contributed by atoms with E-state index in [-0.39, 0.29) is 6.61 Å². The molecule has 35 heavy (non-hydrogen) atoms. The zero-order valence-electron chi connectivity index (χ0n) is 20.9. The van der Waals surface area contributed by atoms with Gasteiger partial charge in [-0.3, -0.25) is 4.90 Å². The molecule has 1 aliphatic heterocycles. The molecule has 1 N–H and O–H groups in total. The van der Waals surface area contributed by atoms with Crippen LogP contribution in [0.5, 0.6) is 11.5 Å². The van der Waals surface area contributed by atoms with Gasteiger partial charge in [-0.25, -0.2) is 0 Å². The van der Waals surface area contributed by atoms with Gasteiger partial charge in [0.2, 0.25) is 5.88 Å². The number of piperidine rings is 1. The predicted molar refractivity (Wildman–Crippen MR) is 138 cm³/mol. The first-order valence-electron chi connectivity index (χ1n) is 12.6. The second-order valence-corrected chi connectivity index (χ2v) is 9.10. The lowest BCUT2D eigenvalue weighted by molar-refractivity contribution is 0.0656. The number of rotatable bonds is 12. The van der Waals surface area contributed by atoms with Crippen molar-refractivity contribution in [3.63, 3.8) is 0 Å². The number of aliphatic hydroxyl groups excluding tert-OH is 1. The molecule has 0 aliphatic carbocycles. The van der Waals surface area contributed by atoms with E-state index < -0.39 is 6.10 Å². The fraction of sp³-hybridized carbons (Fsp3) is 0.464. The van der Waals surface area contributed by atoms with Crippen molar-refractivity contribution in [3.05, 3.63) is 60.2 Å². The molecule has 1 atom stereocenters. The van der Waals surface area contributed by atoms with Crippen molar-refractivity contribution >= 4 is 5.88 Å². The maximum atomic E-state index is 10.8. The Morgan fingerprint density at radius 3 is 2.43 bits per heavy atom. The highest BCUT2D eigenvalue weighted by Gasteiger charge is 2.26. The van der Waals surface area contributed by atoms with Crippen LogP contribution in [-0.4, -0.2) is 61.2 Å². The summed E-state index contributed by atoms with van der Waals surface area (Å²) in [6.45, 7) is 6.38. The minimum Gasteiger partial charge on any atom is -0.497 e. The smallest absolute Gasteiger partial charge is 0.232 e. The number of hydrogen-bond donors (Lipinski definition) is 1. The van der Waals surface area contributed by atoms with Gasteiger partial charge in [0.15, 0.2) is 0 Å². The van der Waals surface area contributed by atoms with Crippen LogP contribution in [0.1, 0.15) is 38.2 Å². The van der Waals surface area contributed by atoms with Crippen LogP contribution in [0.15, 0.2) is 59.1 Å². The van der Waals surface area contributed by atoms with E-state index in [1.807, 2.05) is 42.5 Å². The standard InChI is InChI=1S/C28H37N3O4/c1-3-16-30(19-23(32)21-34-25-14-12-24(33-2)13-15-25)20-26-27(22-10-6-4-7-11-22)29-35-28(26)31-17-8-5-9-18-31/h4,6-7,10-15,23,32H,3,5,8-9,16-21H2,1-2H3. The van der Waals surface area contributed by atoms with Gasteiger partial charge in [-0.1, -0.05) is 42.4 Å². The van der Waals surface area contributed by atoms with Crippen molar-refractivity contribution in [2.75, 3.05) is 44.8 Å². The fourth-order valence-corrected chi connectivity index (χ4v) is 4.60. The lowest BCUT2D eigenvalue weighted by atomic mass is 10.1. The van der Waals surface area contributed by atoms with Gasteiger partial charge >= 0.3 is 0 Å². The number of anilines is 1. The summed E-state index contributed by atoms with van der Waals surface area (Å²) < 4.78 is 17.0. The molecule has 0 spiro atoms. The molecule has 0 amide bonds. The molecular weight excluding hydrogens is 442 g/mol. The summed E-state index contributed by atoms with van der Waals surface area (Å²) in [5.41, 5.74) is 3.03. The lowest BCUT2D eigenvalue weighted by Gasteiger charge is -2.29. The van der Waals surface area contributed by atoms with Crippen LogP contribution in [0.4, 0.5) is 5.88 Å². The Morgan fingerprint density at radius 2 is 1.74 bits per heavy atom. The summed E-state index contributed by atoms with van der Waals surface area (Å²) in [5.74, 6) is 2.36. The highest BCUT2D eigenvalue weighted by Crippen LogP contribution is 2.34. The van der Waals surface area contributed by atoms with Crippen LogP contribution in [0.25, 0.3) is 11.3 Å². The van der Waals surface area contributed by atoms with Crippen molar-refractivity contribution in [1.29, 1.82) is 0 Å². The van der Waals surface area contributed by atoms with Gasteiger partial charge in [0, 0.05) is 31.7 Å². The summed E-state index contributed by atoms with van der Waals surface area (Å²) in [6.07, 6.45) is 3.95. The molecular formula is C28H37N3O4. The molecule has 0 radical (unpaired) electrons. The van der Waals surface area contributed by atoms with E-state index in [0.717, 1.165) is 54.5 Å². The van der Waals surface area contributed by atoms with Gasteiger partial charge in [-0.15, -0.1) is 0 Å². The molecule has 3 aromatic rings. The molecule has 0 bridgehead atoms. The summed E-state index contributed by atoms with van der Waals surface area (Å²) in [4.78, 5) is 4.60. The summed E-state index contributed by atoms with van der Waals surface area (Å²) in [7, 11) is 1.64. The minimum atomic E-state index is -0.623. The molecule has 0 saturated carbocycles. The quantitative estimate of drug-likeness (QED) is 0.392. The van der Waals surface area contributed by atoms with Crippen molar-refractivity contribution in [2.45, 2.75) is 45.3 Å². The topological polar surface area (TPSA) is 71.2 Å². The van der Waals surface area contributed by atoms with E-state index in [0.29, 0.717) is 18.8 Å².